The van der Waals surface area contributed by atoms with Gasteiger partial charge < -0.3 is 5.11 Å². The molecule has 22 heavy (non-hydrogen) atoms. The van der Waals surface area contributed by atoms with E-state index in [0.29, 0.717) is 5.56 Å². The highest BCUT2D eigenvalue weighted by Crippen LogP contribution is 2.28. The number of halogens is 1. The lowest BCUT2D eigenvalue weighted by atomic mass is 10.1. The van der Waals surface area contributed by atoms with Gasteiger partial charge in [-0.25, -0.2) is 0 Å². The molecule has 0 aromatic heterocycles. The Morgan fingerprint density at radius 2 is 1.68 bits per heavy atom. The zero-order chi connectivity index (χ0) is 15.5. The van der Waals surface area contributed by atoms with Crippen molar-refractivity contribution in [2.24, 2.45) is 0 Å². The molecule has 108 valence electrons. The highest BCUT2D eigenvalue weighted by atomic mass is 79.9. The summed E-state index contributed by atoms with van der Waals surface area (Å²) in [5.74, 6) is 0.0536. The lowest BCUT2D eigenvalue weighted by molar-refractivity contribution is 0.104. The number of fused-ring (bicyclic) bond motifs is 1. The van der Waals surface area contributed by atoms with Crippen molar-refractivity contribution in [1.82, 2.24) is 0 Å². The minimum absolute atomic E-state index is 0.0972. The van der Waals surface area contributed by atoms with Crippen molar-refractivity contribution in [3.63, 3.8) is 0 Å². The maximum absolute atomic E-state index is 12.1. The van der Waals surface area contributed by atoms with Crippen LogP contribution in [0.1, 0.15) is 15.9 Å². The topological polar surface area (TPSA) is 37.3 Å². The Bertz CT molecular complexity index is 864. The van der Waals surface area contributed by atoms with E-state index in [9.17, 15) is 9.90 Å². The molecule has 0 aliphatic heterocycles. The number of allylic oxidation sites excluding steroid dienone is 1. The van der Waals surface area contributed by atoms with Crippen LogP contribution in [0.2, 0.25) is 0 Å². The van der Waals surface area contributed by atoms with E-state index in [1.807, 2.05) is 30.3 Å². The molecule has 0 radical (unpaired) electrons. The number of aromatic hydroxyl groups is 1. The standard InChI is InChI=1S/C19H13BrO2/c20-19-15(6-5-13-3-1-2-4-17(13)19)9-12-18(22)14-7-10-16(21)11-8-14/h1-12,21H/b12-9+. The van der Waals surface area contributed by atoms with Gasteiger partial charge in [0.05, 0.1) is 0 Å². The lowest BCUT2D eigenvalue weighted by Gasteiger charge is -2.04. The lowest BCUT2D eigenvalue weighted by Crippen LogP contribution is -1.93. The number of hydrogen-bond acceptors (Lipinski definition) is 2. The summed E-state index contributed by atoms with van der Waals surface area (Å²) in [7, 11) is 0. The first-order valence-electron chi connectivity index (χ1n) is 6.84. The van der Waals surface area contributed by atoms with Gasteiger partial charge in [0.2, 0.25) is 0 Å². The minimum Gasteiger partial charge on any atom is -0.508 e. The average molecular weight is 353 g/mol. The first-order chi connectivity index (χ1) is 10.6. The Kier molecular flexibility index (Phi) is 4.07. The van der Waals surface area contributed by atoms with E-state index in [-0.39, 0.29) is 11.5 Å². The van der Waals surface area contributed by atoms with Gasteiger partial charge in [0.15, 0.2) is 5.78 Å². The second kappa shape index (κ2) is 6.16. The van der Waals surface area contributed by atoms with Crippen LogP contribution < -0.4 is 0 Å². The Morgan fingerprint density at radius 3 is 2.45 bits per heavy atom. The Hall–Kier alpha value is -2.39. The Morgan fingerprint density at radius 1 is 0.955 bits per heavy atom. The molecule has 1 N–H and O–H groups in total. The van der Waals surface area contributed by atoms with Crippen LogP contribution in [0.3, 0.4) is 0 Å². The van der Waals surface area contributed by atoms with Crippen molar-refractivity contribution in [3.05, 3.63) is 82.3 Å². The van der Waals surface area contributed by atoms with E-state index in [4.69, 9.17) is 0 Å². The highest BCUT2D eigenvalue weighted by Gasteiger charge is 2.04. The smallest absolute Gasteiger partial charge is 0.185 e. The fourth-order valence-corrected chi connectivity index (χ4v) is 2.89. The molecule has 3 rings (SSSR count). The average Bonchev–Trinajstić information content (AvgIpc) is 2.55. The summed E-state index contributed by atoms with van der Waals surface area (Å²) in [6.45, 7) is 0. The molecule has 2 nitrogen and oxygen atoms in total. The van der Waals surface area contributed by atoms with Gasteiger partial charge >= 0.3 is 0 Å². The summed E-state index contributed by atoms with van der Waals surface area (Å²) in [5.41, 5.74) is 1.50. The number of carbonyl (C=O) groups excluding carboxylic acids is 1. The number of benzene rings is 3. The number of phenols is 1. The van der Waals surface area contributed by atoms with Crippen LogP contribution in [0.4, 0.5) is 0 Å². The number of ketones is 1. The maximum atomic E-state index is 12.1. The molecule has 3 aromatic rings. The van der Waals surface area contributed by atoms with E-state index in [2.05, 4.69) is 22.0 Å². The third kappa shape index (κ3) is 2.95. The predicted octanol–water partition coefficient (Wildman–Crippen LogP) is 5.20. The van der Waals surface area contributed by atoms with E-state index < -0.39 is 0 Å². The van der Waals surface area contributed by atoms with Crippen molar-refractivity contribution >= 4 is 38.6 Å². The highest BCUT2D eigenvalue weighted by molar-refractivity contribution is 9.10. The molecule has 0 saturated carbocycles. The third-order valence-electron chi connectivity index (χ3n) is 3.46. The van der Waals surface area contributed by atoms with E-state index in [1.165, 1.54) is 12.1 Å². The van der Waals surface area contributed by atoms with Gasteiger partial charge in [0, 0.05) is 10.0 Å². The molecule has 0 heterocycles. The molecular formula is C19H13BrO2. The largest absolute Gasteiger partial charge is 0.508 e. The van der Waals surface area contributed by atoms with Crippen LogP contribution >= 0.6 is 15.9 Å². The SMILES string of the molecule is O=C(/C=C/c1ccc2ccccc2c1Br)c1ccc(O)cc1. The quantitative estimate of drug-likeness (QED) is 0.519. The molecule has 0 bridgehead atoms. The van der Waals surface area contributed by atoms with Crippen LogP contribution in [0.25, 0.3) is 16.8 Å². The molecule has 0 amide bonds. The van der Waals surface area contributed by atoms with Crippen LogP contribution in [0.5, 0.6) is 5.75 Å². The van der Waals surface area contributed by atoms with Gasteiger partial charge in [-0.2, -0.15) is 0 Å². The van der Waals surface area contributed by atoms with Crippen LogP contribution in [0.15, 0.2) is 71.2 Å². The van der Waals surface area contributed by atoms with Crippen LogP contribution in [-0.4, -0.2) is 10.9 Å². The fourth-order valence-electron chi connectivity index (χ4n) is 2.27. The molecule has 0 spiro atoms. The molecular weight excluding hydrogens is 340 g/mol. The maximum Gasteiger partial charge on any atom is 0.185 e. The van der Waals surface area contributed by atoms with Crippen molar-refractivity contribution in [1.29, 1.82) is 0 Å². The Labute approximate surface area is 136 Å². The van der Waals surface area contributed by atoms with Gasteiger partial charge in [-0.05, 0) is 68.7 Å². The molecule has 3 aromatic carbocycles. The van der Waals surface area contributed by atoms with E-state index in [0.717, 1.165) is 20.8 Å². The van der Waals surface area contributed by atoms with Crippen molar-refractivity contribution in [3.8, 4) is 5.75 Å². The number of carbonyl (C=O) groups is 1. The first kappa shape index (κ1) is 14.5. The number of hydrogen-bond donors (Lipinski definition) is 1. The van der Waals surface area contributed by atoms with Crippen LogP contribution in [0, 0.1) is 0 Å². The van der Waals surface area contributed by atoms with Gasteiger partial charge in [-0.3, -0.25) is 4.79 Å². The van der Waals surface area contributed by atoms with Crippen molar-refractivity contribution in [2.75, 3.05) is 0 Å². The molecule has 0 fully saturated rings. The van der Waals surface area contributed by atoms with Crippen LogP contribution in [-0.2, 0) is 0 Å². The van der Waals surface area contributed by atoms with Gasteiger partial charge in [-0.1, -0.05) is 36.4 Å². The summed E-state index contributed by atoms with van der Waals surface area (Å²) >= 11 is 3.60. The van der Waals surface area contributed by atoms with Crippen molar-refractivity contribution in [2.45, 2.75) is 0 Å². The first-order valence-corrected chi connectivity index (χ1v) is 7.63. The molecule has 0 atom stereocenters. The van der Waals surface area contributed by atoms with Gasteiger partial charge in [0.1, 0.15) is 5.75 Å². The molecule has 3 heteroatoms. The predicted molar refractivity (Wildman–Crippen MR) is 93.1 cm³/mol. The summed E-state index contributed by atoms with van der Waals surface area (Å²) in [4.78, 5) is 12.1. The molecule has 0 aliphatic carbocycles. The summed E-state index contributed by atoms with van der Waals surface area (Å²) in [6.07, 6.45) is 3.34. The second-order valence-electron chi connectivity index (χ2n) is 4.93. The van der Waals surface area contributed by atoms with Crippen molar-refractivity contribution < 1.29 is 9.90 Å². The third-order valence-corrected chi connectivity index (χ3v) is 4.34. The second-order valence-corrected chi connectivity index (χ2v) is 5.73. The van der Waals surface area contributed by atoms with Gasteiger partial charge in [0.25, 0.3) is 0 Å². The summed E-state index contributed by atoms with van der Waals surface area (Å²) in [6, 6.07) is 18.3. The summed E-state index contributed by atoms with van der Waals surface area (Å²) < 4.78 is 0.973. The molecule has 0 unspecified atom stereocenters. The number of rotatable bonds is 3. The van der Waals surface area contributed by atoms with Gasteiger partial charge in [-0.15, -0.1) is 0 Å². The number of phenolic OH excluding ortho intramolecular Hbond substituents is 1. The zero-order valence-electron chi connectivity index (χ0n) is 11.7. The Balaban J connectivity index is 1.90. The minimum atomic E-state index is -0.0972. The molecule has 0 aliphatic rings. The zero-order valence-corrected chi connectivity index (χ0v) is 13.2. The normalized spacial score (nSPS) is 11.1. The monoisotopic (exact) mass is 352 g/mol. The summed E-state index contributed by atoms with van der Waals surface area (Å²) in [5, 5.41) is 11.5. The molecule has 0 saturated heterocycles. The van der Waals surface area contributed by atoms with E-state index in [1.54, 1.807) is 24.3 Å². The van der Waals surface area contributed by atoms with E-state index >= 15 is 0 Å². The fraction of sp³-hybridized carbons (Fsp3) is 0.